The summed E-state index contributed by atoms with van der Waals surface area (Å²) in [6.07, 6.45) is 1.73. The zero-order chi connectivity index (χ0) is 19.8. The number of rotatable bonds is 2. The average molecular weight is 368 g/mol. The number of nitrogens with two attached hydrogens (primary N) is 1. The van der Waals surface area contributed by atoms with Crippen molar-refractivity contribution in [3.05, 3.63) is 65.6 Å². The molecule has 0 atom stereocenters. The van der Waals surface area contributed by atoms with Gasteiger partial charge in [-0.15, -0.1) is 0 Å². The van der Waals surface area contributed by atoms with Crippen LogP contribution in [0.15, 0.2) is 48.7 Å². The molecule has 2 aromatic carbocycles. The van der Waals surface area contributed by atoms with Gasteiger partial charge in [0.15, 0.2) is 0 Å². The number of nitriles is 2. The molecule has 0 aliphatic rings. The van der Waals surface area contributed by atoms with Crippen LogP contribution in [0.1, 0.15) is 11.1 Å². The number of nitrogen functional groups attached to an aromatic ring is 1. The molecule has 0 amide bonds. The maximum Gasteiger partial charge on any atom is 0.141 e. The first kappa shape index (κ1) is 17.2. The minimum atomic E-state index is -0.656. The summed E-state index contributed by atoms with van der Waals surface area (Å²) in [4.78, 5) is 4.37. The molecule has 0 bridgehead atoms. The third kappa shape index (κ3) is 2.72. The number of aryl methyl sites for hydroxylation is 1. The normalized spacial score (nSPS) is 10.6. The highest BCUT2D eigenvalue weighted by Crippen LogP contribution is 2.36. The fourth-order valence-electron chi connectivity index (χ4n) is 3.23. The Hall–Kier alpha value is -4.23. The van der Waals surface area contributed by atoms with E-state index >= 15 is 0 Å². The fraction of sp³-hybridized carbons (Fsp3) is 0.0476. The molecule has 28 heavy (non-hydrogen) atoms. The second-order valence-electron chi connectivity index (χ2n) is 6.28. The van der Waals surface area contributed by atoms with Crippen molar-refractivity contribution >= 4 is 16.7 Å². The number of hydrogen-bond donors (Lipinski definition) is 1. The molecule has 2 aromatic heterocycles. The number of pyridine rings is 1. The third-order valence-corrected chi connectivity index (χ3v) is 4.56. The lowest BCUT2D eigenvalue weighted by Crippen LogP contribution is -2.00. The molecule has 6 nitrogen and oxygen atoms in total. The molecule has 0 unspecified atom stereocenters. The molecule has 0 spiro atoms. The number of halogens is 1. The molecule has 4 aromatic rings. The smallest absolute Gasteiger partial charge is 0.141 e. The summed E-state index contributed by atoms with van der Waals surface area (Å²) in [6.45, 7) is 0. The van der Waals surface area contributed by atoms with E-state index in [0.29, 0.717) is 22.4 Å². The van der Waals surface area contributed by atoms with E-state index in [2.05, 4.69) is 16.2 Å². The Balaban J connectivity index is 2.01. The van der Waals surface area contributed by atoms with Crippen LogP contribution in [-0.4, -0.2) is 14.8 Å². The summed E-state index contributed by atoms with van der Waals surface area (Å²) in [6, 6.07) is 15.3. The van der Waals surface area contributed by atoms with Gasteiger partial charge in [0, 0.05) is 23.6 Å². The van der Waals surface area contributed by atoms with Crippen molar-refractivity contribution in [3.8, 4) is 34.5 Å². The van der Waals surface area contributed by atoms with Gasteiger partial charge in [-0.1, -0.05) is 12.1 Å². The average Bonchev–Trinajstić information content (AvgIpc) is 3.07. The minimum absolute atomic E-state index is 0.0634. The Morgan fingerprint density at radius 1 is 1.00 bits per heavy atom. The quantitative estimate of drug-likeness (QED) is 0.580. The highest BCUT2D eigenvalue weighted by atomic mass is 19.1. The van der Waals surface area contributed by atoms with Crippen LogP contribution in [-0.2, 0) is 7.05 Å². The van der Waals surface area contributed by atoms with E-state index in [4.69, 9.17) is 11.0 Å². The van der Waals surface area contributed by atoms with Crippen molar-refractivity contribution in [3.63, 3.8) is 0 Å². The van der Waals surface area contributed by atoms with Crippen molar-refractivity contribution in [2.45, 2.75) is 0 Å². The molecule has 0 radical (unpaired) electrons. The lowest BCUT2D eigenvalue weighted by atomic mass is 9.94. The maximum atomic E-state index is 14.2. The van der Waals surface area contributed by atoms with Gasteiger partial charge >= 0.3 is 0 Å². The molecule has 0 saturated heterocycles. The van der Waals surface area contributed by atoms with Crippen LogP contribution in [0.2, 0.25) is 0 Å². The molecule has 0 aliphatic carbocycles. The van der Waals surface area contributed by atoms with E-state index in [9.17, 15) is 9.65 Å². The van der Waals surface area contributed by atoms with E-state index < -0.39 is 5.82 Å². The van der Waals surface area contributed by atoms with Gasteiger partial charge in [0.1, 0.15) is 17.7 Å². The molecular weight excluding hydrogens is 355 g/mol. The molecule has 0 aliphatic heterocycles. The second-order valence-corrected chi connectivity index (χ2v) is 6.28. The molecule has 2 heterocycles. The summed E-state index contributed by atoms with van der Waals surface area (Å²) >= 11 is 0. The van der Waals surface area contributed by atoms with Gasteiger partial charge in [-0.3, -0.25) is 4.68 Å². The number of benzene rings is 2. The van der Waals surface area contributed by atoms with Crippen molar-refractivity contribution < 1.29 is 4.39 Å². The molecule has 2 N–H and O–H groups in total. The highest BCUT2D eigenvalue weighted by molar-refractivity contribution is 5.91. The van der Waals surface area contributed by atoms with Crippen LogP contribution in [0.4, 0.5) is 10.2 Å². The summed E-state index contributed by atoms with van der Waals surface area (Å²) in [5.74, 6) is -0.501. The van der Waals surface area contributed by atoms with E-state index in [-0.39, 0.29) is 11.4 Å². The van der Waals surface area contributed by atoms with Crippen LogP contribution in [0.25, 0.3) is 33.3 Å². The standard InChI is InChI=1S/C21H13FN6/c1-28-18-5-4-12(6-16(18)11-26-28)20-15(10-24)8-19(25)27-21(20)13-2-3-14(9-23)17(22)7-13/h2-8,11H,1H3,(H2,25,27). The predicted molar refractivity (Wildman–Crippen MR) is 103 cm³/mol. The van der Waals surface area contributed by atoms with Gasteiger partial charge in [0.25, 0.3) is 0 Å². The molecule has 0 saturated carbocycles. The van der Waals surface area contributed by atoms with Crippen LogP contribution in [0, 0.1) is 28.5 Å². The van der Waals surface area contributed by atoms with Crippen LogP contribution in [0.5, 0.6) is 0 Å². The summed E-state index contributed by atoms with van der Waals surface area (Å²) in [5.41, 5.74) is 9.19. The SMILES string of the molecule is Cn1ncc2cc(-c3c(C#N)cc(N)nc3-c3ccc(C#N)c(F)c3)ccc21. The Kier molecular flexibility index (Phi) is 3.99. The third-order valence-electron chi connectivity index (χ3n) is 4.56. The van der Waals surface area contributed by atoms with E-state index in [1.807, 2.05) is 25.2 Å². The van der Waals surface area contributed by atoms with Gasteiger partial charge in [-0.25, -0.2) is 9.37 Å². The van der Waals surface area contributed by atoms with Crippen molar-refractivity contribution in [2.75, 3.05) is 5.73 Å². The lowest BCUT2D eigenvalue weighted by molar-refractivity contribution is 0.624. The minimum Gasteiger partial charge on any atom is -0.384 e. The Labute approximate surface area is 159 Å². The number of aromatic nitrogens is 3. The van der Waals surface area contributed by atoms with Crippen LogP contribution in [0.3, 0.4) is 0 Å². The predicted octanol–water partition coefficient (Wildman–Crippen LogP) is 3.77. The maximum absolute atomic E-state index is 14.2. The first-order valence-electron chi connectivity index (χ1n) is 8.34. The van der Waals surface area contributed by atoms with Gasteiger partial charge in [0.2, 0.25) is 0 Å². The van der Waals surface area contributed by atoms with E-state index in [1.165, 1.54) is 18.2 Å². The number of anilines is 1. The molecule has 7 heteroatoms. The largest absolute Gasteiger partial charge is 0.384 e. The molecular formula is C21H13FN6. The molecule has 134 valence electrons. The van der Waals surface area contributed by atoms with Gasteiger partial charge < -0.3 is 5.73 Å². The van der Waals surface area contributed by atoms with Crippen LogP contribution >= 0.6 is 0 Å². The Bertz CT molecular complexity index is 1320. The van der Waals surface area contributed by atoms with Gasteiger partial charge in [0.05, 0.1) is 34.6 Å². The van der Waals surface area contributed by atoms with Gasteiger partial charge in [-0.2, -0.15) is 15.6 Å². The summed E-state index contributed by atoms with van der Waals surface area (Å²) < 4.78 is 16.0. The lowest BCUT2D eigenvalue weighted by Gasteiger charge is -2.13. The zero-order valence-corrected chi connectivity index (χ0v) is 14.8. The monoisotopic (exact) mass is 368 g/mol. The Morgan fingerprint density at radius 2 is 1.75 bits per heavy atom. The molecule has 0 fully saturated rings. The first-order valence-corrected chi connectivity index (χ1v) is 8.34. The van der Waals surface area contributed by atoms with Crippen molar-refractivity contribution in [2.24, 2.45) is 7.05 Å². The van der Waals surface area contributed by atoms with Gasteiger partial charge in [-0.05, 0) is 35.9 Å². The number of fused-ring (bicyclic) bond motifs is 1. The topological polar surface area (TPSA) is 104 Å². The van der Waals surface area contributed by atoms with Crippen molar-refractivity contribution in [1.29, 1.82) is 10.5 Å². The highest BCUT2D eigenvalue weighted by Gasteiger charge is 2.18. The summed E-state index contributed by atoms with van der Waals surface area (Å²) in [7, 11) is 1.85. The molecule has 4 rings (SSSR count). The van der Waals surface area contributed by atoms with Crippen LogP contribution < -0.4 is 5.73 Å². The number of hydrogen-bond acceptors (Lipinski definition) is 5. The first-order chi connectivity index (χ1) is 13.5. The summed E-state index contributed by atoms with van der Waals surface area (Å²) in [5, 5.41) is 23.8. The second kappa shape index (κ2) is 6.49. The number of nitrogens with zero attached hydrogens (tertiary/aromatic N) is 5. The van der Waals surface area contributed by atoms with E-state index in [0.717, 1.165) is 16.5 Å². The van der Waals surface area contributed by atoms with Crippen molar-refractivity contribution in [1.82, 2.24) is 14.8 Å². The Morgan fingerprint density at radius 3 is 2.46 bits per heavy atom. The fourth-order valence-corrected chi connectivity index (χ4v) is 3.23. The zero-order valence-electron chi connectivity index (χ0n) is 14.8. The van der Waals surface area contributed by atoms with E-state index in [1.54, 1.807) is 23.0 Å².